The minimum Gasteiger partial charge on any atom is -0.507 e. The second-order valence-corrected chi connectivity index (χ2v) is 10.6. The van der Waals surface area contributed by atoms with Crippen molar-refractivity contribution in [1.82, 2.24) is 4.90 Å². The number of hydrogen-bond acceptors (Lipinski definition) is 4. The number of rotatable bonds is 3. The number of carbonyl (C=O) groups excluding carboxylic acids is 1. The van der Waals surface area contributed by atoms with Crippen LogP contribution < -0.4 is 0 Å². The Hall–Kier alpha value is -1.33. The molecule has 1 saturated heterocycles. The Labute approximate surface area is 170 Å². The Morgan fingerprint density at radius 2 is 1.85 bits per heavy atom. The summed E-state index contributed by atoms with van der Waals surface area (Å²) in [5, 5.41) is 10.4. The molecule has 0 atom stereocenters. The molecule has 6 rings (SSSR count). The topological polar surface area (TPSA) is 40.5 Å². The third-order valence-electron chi connectivity index (χ3n) is 7.15. The summed E-state index contributed by atoms with van der Waals surface area (Å²) in [4.78, 5) is 14.8. The van der Waals surface area contributed by atoms with Crippen molar-refractivity contribution in [3.8, 4) is 5.75 Å². The van der Waals surface area contributed by atoms with E-state index in [1.807, 2.05) is 19.1 Å². The van der Waals surface area contributed by atoms with Crippen LogP contribution in [0, 0.1) is 17.8 Å². The molecule has 142 valence electrons. The van der Waals surface area contributed by atoms with E-state index in [1.54, 1.807) is 4.90 Å². The van der Waals surface area contributed by atoms with Gasteiger partial charge in [-0.2, -0.15) is 0 Å². The van der Waals surface area contributed by atoms with E-state index in [2.05, 4.69) is 12.1 Å². The Morgan fingerprint density at radius 3 is 2.41 bits per heavy atom. The van der Waals surface area contributed by atoms with Crippen LogP contribution in [0.4, 0.5) is 0 Å². The van der Waals surface area contributed by atoms with Crippen molar-refractivity contribution in [2.45, 2.75) is 50.9 Å². The molecule has 3 nitrogen and oxygen atoms in total. The quantitative estimate of drug-likeness (QED) is 0.568. The first kappa shape index (κ1) is 17.7. The van der Waals surface area contributed by atoms with Crippen molar-refractivity contribution in [2.75, 3.05) is 6.54 Å². The molecule has 4 bridgehead atoms. The molecular formula is C22H25NO2S2. The number of carbonyl (C=O) groups is 1. The van der Waals surface area contributed by atoms with Gasteiger partial charge in [0.25, 0.3) is 5.91 Å². The van der Waals surface area contributed by atoms with Gasteiger partial charge in [-0.3, -0.25) is 9.69 Å². The minimum atomic E-state index is -0.0490. The van der Waals surface area contributed by atoms with Crippen molar-refractivity contribution in [2.24, 2.45) is 17.8 Å². The smallest absolute Gasteiger partial charge is 0.266 e. The van der Waals surface area contributed by atoms with E-state index in [4.69, 9.17) is 12.2 Å². The van der Waals surface area contributed by atoms with E-state index in [0.717, 1.165) is 23.3 Å². The Balaban J connectivity index is 1.50. The van der Waals surface area contributed by atoms with E-state index < -0.39 is 0 Å². The first-order valence-corrected chi connectivity index (χ1v) is 11.3. The Kier molecular flexibility index (Phi) is 4.17. The molecule has 1 aromatic rings. The van der Waals surface area contributed by atoms with E-state index in [0.29, 0.717) is 15.8 Å². The van der Waals surface area contributed by atoms with Gasteiger partial charge < -0.3 is 5.11 Å². The number of phenols is 1. The van der Waals surface area contributed by atoms with Gasteiger partial charge in [-0.15, -0.1) is 0 Å². The number of benzene rings is 1. The number of phenolic OH excluding ortho intramolecular Hbond substituents is 1. The van der Waals surface area contributed by atoms with Crippen LogP contribution in [-0.2, 0) is 10.2 Å². The molecule has 1 N–H and O–H groups in total. The molecular weight excluding hydrogens is 374 g/mol. The SMILES string of the molecule is CCN1C(=O)/C(=C\c2cc(C34CC5CC(CC(C5)C3)C4)ccc2O)SC1=S. The van der Waals surface area contributed by atoms with Crippen LogP contribution >= 0.6 is 24.0 Å². The lowest BCUT2D eigenvalue weighted by atomic mass is 9.48. The van der Waals surface area contributed by atoms with Gasteiger partial charge in [0.15, 0.2) is 0 Å². The fourth-order valence-electron chi connectivity index (χ4n) is 6.38. The van der Waals surface area contributed by atoms with Gasteiger partial charge in [0, 0.05) is 12.1 Å². The summed E-state index contributed by atoms with van der Waals surface area (Å²) in [6, 6.07) is 6.08. The zero-order valence-corrected chi connectivity index (χ0v) is 17.2. The van der Waals surface area contributed by atoms with Gasteiger partial charge in [0.1, 0.15) is 10.1 Å². The molecule has 1 aliphatic heterocycles. The number of amides is 1. The summed E-state index contributed by atoms with van der Waals surface area (Å²) >= 11 is 6.64. The number of hydrogen-bond donors (Lipinski definition) is 1. The van der Waals surface area contributed by atoms with Crippen LogP contribution in [0.15, 0.2) is 23.1 Å². The largest absolute Gasteiger partial charge is 0.507 e. The Bertz CT molecular complexity index is 825. The van der Waals surface area contributed by atoms with E-state index in [-0.39, 0.29) is 17.1 Å². The summed E-state index contributed by atoms with van der Waals surface area (Å²) in [6.07, 6.45) is 9.97. The van der Waals surface area contributed by atoms with Crippen LogP contribution in [0.25, 0.3) is 6.08 Å². The van der Waals surface area contributed by atoms with Crippen LogP contribution in [0.3, 0.4) is 0 Å². The summed E-state index contributed by atoms with van der Waals surface area (Å²) in [6.45, 7) is 2.51. The number of thioether (sulfide) groups is 1. The van der Waals surface area contributed by atoms with Crippen molar-refractivity contribution < 1.29 is 9.90 Å². The standard InChI is InChI=1S/C22H25NO2S2/c1-2-23-20(25)19(27-21(23)26)9-16-8-17(3-4-18(16)24)22-10-13-5-14(11-22)7-15(6-13)12-22/h3-4,8-9,13-15,24H,2,5-7,10-12H2,1H3/b19-9+. The fourth-order valence-corrected chi connectivity index (χ4v) is 7.75. The monoisotopic (exact) mass is 399 g/mol. The Morgan fingerprint density at radius 1 is 1.22 bits per heavy atom. The maximum absolute atomic E-state index is 12.5. The highest BCUT2D eigenvalue weighted by Gasteiger charge is 2.51. The molecule has 4 aliphatic carbocycles. The third-order valence-corrected chi connectivity index (χ3v) is 8.53. The number of likely N-dealkylation sites (N-methyl/N-ethyl adjacent to an activating group) is 1. The zero-order chi connectivity index (χ0) is 18.8. The van der Waals surface area contributed by atoms with E-state index in [1.165, 1.54) is 55.9 Å². The van der Waals surface area contributed by atoms with Crippen LogP contribution in [0.2, 0.25) is 0 Å². The lowest BCUT2D eigenvalue weighted by Crippen LogP contribution is -2.48. The van der Waals surface area contributed by atoms with Crippen molar-refractivity contribution in [1.29, 1.82) is 0 Å². The van der Waals surface area contributed by atoms with Crippen molar-refractivity contribution >= 4 is 40.3 Å². The summed E-state index contributed by atoms with van der Waals surface area (Å²) in [5.74, 6) is 2.84. The molecule has 27 heavy (non-hydrogen) atoms. The lowest BCUT2D eigenvalue weighted by molar-refractivity contribution is -0.121. The molecule has 0 aromatic heterocycles. The molecule has 0 radical (unpaired) electrons. The fraction of sp³-hybridized carbons (Fsp3) is 0.545. The average molecular weight is 400 g/mol. The summed E-state index contributed by atoms with van der Waals surface area (Å²) in [5.41, 5.74) is 2.39. The second-order valence-electron chi connectivity index (χ2n) is 8.90. The molecule has 1 amide bonds. The predicted molar refractivity (Wildman–Crippen MR) is 114 cm³/mol. The molecule has 1 heterocycles. The molecule has 5 fully saturated rings. The second kappa shape index (κ2) is 6.35. The zero-order valence-electron chi connectivity index (χ0n) is 15.6. The number of thiocarbonyl (C=S) groups is 1. The maximum Gasteiger partial charge on any atom is 0.266 e. The van der Waals surface area contributed by atoms with Crippen LogP contribution in [0.1, 0.15) is 56.6 Å². The van der Waals surface area contributed by atoms with Crippen LogP contribution in [-0.4, -0.2) is 26.8 Å². The van der Waals surface area contributed by atoms with Crippen molar-refractivity contribution in [3.05, 3.63) is 34.2 Å². The third kappa shape index (κ3) is 2.85. The molecule has 1 aromatic carbocycles. The number of nitrogens with zero attached hydrogens (tertiary/aromatic N) is 1. The molecule has 5 heteroatoms. The lowest BCUT2D eigenvalue weighted by Gasteiger charge is -2.57. The van der Waals surface area contributed by atoms with Crippen molar-refractivity contribution in [3.63, 3.8) is 0 Å². The highest BCUT2D eigenvalue weighted by molar-refractivity contribution is 8.26. The first-order chi connectivity index (χ1) is 13.0. The van der Waals surface area contributed by atoms with E-state index in [9.17, 15) is 9.90 Å². The highest BCUT2D eigenvalue weighted by Crippen LogP contribution is 2.60. The van der Waals surface area contributed by atoms with E-state index >= 15 is 0 Å². The van der Waals surface area contributed by atoms with Gasteiger partial charge >= 0.3 is 0 Å². The highest BCUT2D eigenvalue weighted by atomic mass is 32.2. The number of aromatic hydroxyl groups is 1. The van der Waals surface area contributed by atoms with Gasteiger partial charge in [-0.25, -0.2) is 0 Å². The molecule has 0 unspecified atom stereocenters. The molecule has 0 spiro atoms. The first-order valence-electron chi connectivity index (χ1n) is 10.1. The summed E-state index contributed by atoms with van der Waals surface area (Å²) < 4.78 is 0.602. The van der Waals surface area contributed by atoms with Gasteiger partial charge in [-0.1, -0.05) is 30.0 Å². The minimum absolute atomic E-state index is 0.0490. The van der Waals surface area contributed by atoms with Crippen LogP contribution in [0.5, 0.6) is 5.75 Å². The average Bonchev–Trinajstić information content (AvgIpc) is 2.88. The molecule has 5 aliphatic rings. The maximum atomic E-state index is 12.5. The predicted octanol–water partition coefficient (Wildman–Crippen LogP) is 5.08. The summed E-state index contributed by atoms with van der Waals surface area (Å²) in [7, 11) is 0. The van der Waals surface area contributed by atoms with Gasteiger partial charge in [-0.05, 0) is 92.4 Å². The molecule has 4 saturated carbocycles. The van der Waals surface area contributed by atoms with Gasteiger partial charge in [0.2, 0.25) is 0 Å². The van der Waals surface area contributed by atoms with Gasteiger partial charge in [0.05, 0.1) is 4.91 Å². The normalized spacial score (nSPS) is 36.3.